The summed E-state index contributed by atoms with van der Waals surface area (Å²) >= 11 is 0. The molecule has 0 saturated heterocycles. The molecule has 0 aromatic heterocycles. The zero-order chi connectivity index (χ0) is 22.5. The first-order valence-corrected chi connectivity index (χ1v) is 10.2. The molecule has 2 aromatic carbocycles. The van der Waals surface area contributed by atoms with Gasteiger partial charge >= 0.3 is 0 Å². The Kier molecular flexibility index (Phi) is 6.80. The maximum absolute atomic E-state index is 12.8. The van der Waals surface area contributed by atoms with E-state index < -0.39 is 11.9 Å². The number of anilines is 1. The minimum absolute atomic E-state index is 0.0623. The molecule has 2 atom stereocenters. The molecule has 1 N–H and O–H groups in total. The Morgan fingerprint density at radius 1 is 1.23 bits per heavy atom. The van der Waals surface area contributed by atoms with Gasteiger partial charge in [-0.25, -0.2) is 0 Å². The van der Waals surface area contributed by atoms with Crippen LogP contribution in [0, 0.1) is 0 Å². The van der Waals surface area contributed by atoms with Gasteiger partial charge in [0.1, 0.15) is 18.4 Å². The number of likely N-dealkylation sites (N-methyl/N-ethyl adjacent to an activating group) is 1. The van der Waals surface area contributed by atoms with Crippen LogP contribution in [0.5, 0.6) is 5.75 Å². The molecule has 162 valence electrons. The molecule has 3 rings (SSSR count). The van der Waals surface area contributed by atoms with Gasteiger partial charge in [0.25, 0.3) is 11.8 Å². The minimum Gasteiger partial charge on any atom is -0.489 e. The number of hydrogen-bond donors (Lipinski definition) is 1. The van der Waals surface area contributed by atoms with Crippen molar-refractivity contribution < 1.29 is 14.3 Å². The number of fused-ring (bicyclic) bond motifs is 1. The molecule has 1 aliphatic heterocycles. The molecule has 2 amide bonds. The van der Waals surface area contributed by atoms with Crippen molar-refractivity contribution in [3.05, 3.63) is 84.1 Å². The van der Waals surface area contributed by atoms with Crippen LogP contribution in [0.4, 0.5) is 5.69 Å². The highest BCUT2D eigenvalue weighted by Gasteiger charge is 2.30. The fraction of sp³-hybridized carbons (Fsp3) is 0.280. The van der Waals surface area contributed by atoms with E-state index in [9.17, 15) is 9.59 Å². The number of benzene rings is 2. The first-order valence-electron chi connectivity index (χ1n) is 10.2. The van der Waals surface area contributed by atoms with Crippen molar-refractivity contribution in [3.63, 3.8) is 0 Å². The molecule has 1 aliphatic rings. The lowest BCUT2D eigenvalue weighted by Gasteiger charge is -2.28. The SMILES string of the molecule is C=C(/C=C(/C)N(C)C(C)c1ccccc1)C(=O)NC1COc2ccccc2N(C)C1=O. The van der Waals surface area contributed by atoms with Gasteiger partial charge in [-0.3, -0.25) is 9.59 Å². The molecule has 6 heteroatoms. The number of amides is 2. The standard InChI is InChI=1S/C25H29N3O3/c1-17(15-18(2)27(4)19(3)20-11-7-6-8-12-20)24(29)26-21-16-31-23-14-10-9-13-22(23)28(5)25(21)30/h6-15,19,21H,1,16H2,2-5H3,(H,26,29)/b18-15-. The van der Waals surface area contributed by atoms with Gasteiger partial charge in [-0.15, -0.1) is 0 Å². The number of rotatable bonds is 6. The summed E-state index contributed by atoms with van der Waals surface area (Å²) in [6, 6.07) is 16.8. The molecular formula is C25H29N3O3. The van der Waals surface area contributed by atoms with Gasteiger partial charge in [0, 0.05) is 25.4 Å². The van der Waals surface area contributed by atoms with E-state index in [1.54, 1.807) is 19.2 Å². The van der Waals surface area contributed by atoms with E-state index in [-0.39, 0.29) is 24.1 Å². The highest BCUT2D eigenvalue weighted by Crippen LogP contribution is 2.30. The maximum atomic E-state index is 12.8. The molecule has 1 heterocycles. The molecule has 0 bridgehead atoms. The number of allylic oxidation sites excluding steroid dienone is 1. The third kappa shape index (κ3) is 4.97. The summed E-state index contributed by atoms with van der Waals surface area (Å²) < 4.78 is 5.75. The van der Waals surface area contributed by atoms with E-state index in [4.69, 9.17) is 4.74 Å². The Labute approximate surface area is 183 Å². The topological polar surface area (TPSA) is 61.9 Å². The second-order valence-corrected chi connectivity index (χ2v) is 7.71. The van der Waals surface area contributed by atoms with Gasteiger partial charge in [0.05, 0.1) is 11.7 Å². The van der Waals surface area contributed by atoms with E-state index in [0.29, 0.717) is 11.4 Å². The van der Waals surface area contributed by atoms with Gasteiger partial charge in [0.15, 0.2) is 0 Å². The van der Waals surface area contributed by atoms with Gasteiger partial charge in [-0.2, -0.15) is 0 Å². The van der Waals surface area contributed by atoms with E-state index in [2.05, 4.69) is 35.9 Å². The Balaban J connectivity index is 1.66. The van der Waals surface area contributed by atoms with Crippen molar-refractivity contribution in [2.24, 2.45) is 0 Å². The van der Waals surface area contributed by atoms with Crippen LogP contribution in [0.1, 0.15) is 25.5 Å². The summed E-state index contributed by atoms with van der Waals surface area (Å²) in [5.74, 6) is -0.0239. The largest absolute Gasteiger partial charge is 0.489 e. The van der Waals surface area contributed by atoms with E-state index in [1.165, 1.54) is 10.5 Å². The molecule has 2 unspecified atom stereocenters. The maximum Gasteiger partial charge on any atom is 0.252 e. The van der Waals surface area contributed by atoms with E-state index >= 15 is 0 Å². The van der Waals surface area contributed by atoms with Crippen LogP contribution in [-0.2, 0) is 9.59 Å². The van der Waals surface area contributed by atoms with Crippen molar-refractivity contribution in [3.8, 4) is 5.75 Å². The van der Waals surface area contributed by atoms with Crippen molar-refractivity contribution in [1.82, 2.24) is 10.2 Å². The summed E-state index contributed by atoms with van der Waals surface area (Å²) in [5.41, 5.74) is 3.03. The highest BCUT2D eigenvalue weighted by atomic mass is 16.5. The fourth-order valence-corrected chi connectivity index (χ4v) is 3.49. The monoisotopic (exact) mass is 419 g/mol. The van der Waals surface area contributed by atoms with Crippen molar-refractivity contribution in [2.45, 2.75) is 25.9 Å². The van der Waals surface area contributed by atoms with Crippen LogP contribution in [0.2, 0.25) is 0 Å². The fourth-order valence-electron chi connectivity index (χ4n) is 3.49. The second-order valence-electron chi connectivity index (χ2n) is 7.71. The molecule has 31 heavy (non-hydrogen) atoms. The molecule has 0 fully saturated rings. The summed E-state index contributed by atoms with van der Waals surface area (Å²) in [6.45, 7) is 8.00. The summed E-state index contributed by atoms with van der Waals surface area (Å²) in [7, 11) is 3.65. The zero-order valence-electron chi connectivity index (χ0n) is 18.5. The Bertz CT molecular complexity index is 1000. The lowest BCUT2D eigenvalue weighted by molar-refractivity contribution is -0.125. The molecular weight excluding hydrogens is 390 g/mol. The van der Waals surface area contributed by atoms with Crippen molar-refractivity contribution in [1.29, 1.82) is 0 Å². The second kappa shape index (κ2) is 9.51. The van der Waals surface area contributed by atoms with Crippen molar-refractivity contribution >= 4 is 17.5 Å². The average Bonchev–Trinajstić information content (AvgIpc) is 2.90. The van der Waals surface area contributed by atoms with Crippen LogP contribution in [0.25, 0.3) is 0 Å². The van der Waals surface area contributed by atoms with E-state index in [0.717, 1.165) is 5.70 Å². The number of nitrogens with zero attached hydrogens (tertiary/aromatic N) is 2. The quantitative estimate of drug-likeness (QED) is 0.573. The third-order valence-electron chi connectivity index (χ3n) is 5.66. The molecule has 0 spiro atoms. The number of carbonyl (C=O) groups is 2. The predicted molar refractivity (Wildman–Crippen MR) is 123 cm³/mol. The van der Waals surface area contributed by atoms with Crippen LogP contribution in [-0.4, -0.2) is 43.5 Å². The first-order chi connectivity index (χ1) is 14.8. The van der Waals surface area contributed by atoms with Gasteiger partial charge in [0.2, 0.25) is 0 Å². The zero-order valence-corrected chi connectivity index (χ0v) is 18.5. The third-order valence-corrected chi connectivity index (χ3v) is 5.66. The predicted octanol–water partition coefficient (Wildman–Crippen LogP) is 3.68. The molecule has 0 radical (unpaired) electrons. The molecule has 0 saturated carbocycles. The van der Waals surface area contributed by atoms with Crippen LogP contribution in [0.15, 0.2) is 78.5 Å². The highest BCUT2D eigenvalue weighted by molar-refractivity contribution is 6.03. The van der Waals surface area contributed by atoms with Gasteiger partial charge < -0.3 is 19.9 Å². The Hall–Kier alpha value is -3.54. The normalized spacial score (nSPS) is 17.2. The number of ether oxygens (including phenoxy) is 1. The van der Waals surface area contributed by atoms with Crippen molar-refractivity contribution in [2.75, 3.05) is 25.6 Å². The lowest BCUT2D eigenvalue weighted by atomic mass is 10.1. The van der Waals surface area contributed by atoms with Crippen LogP contribution < -0.4 is 15.0 Å². The van der Waals surface area contributed by atoms with Gasteiger partial charge in [-0.1, -0.05) is 49.0 Å². The van der Waals surface area contributed by atoms with E-state index in [1.807, 2.05) is 50.4 Å². The smallest absolute Gasteiger partial charge is 0.252 e. The molecule has 0 aliphatic carbocycles. The van der Waals surface area contributed by atoms with Gasteiger partial charge in [-0.05, 0) is 37.6 Å². The number of carbonyl (C=O) groups excluding carboxylic acids is 2. The summed E-state index contributed by atoms with van der Waals surface area (Å²) in [4.78, 5) is 29.2. The molecule has 6 nitrogen and oxygen atoms in total. The summed E-state index contributed by atoms with van der Waals surface area (Å²) in [6.07, 6.45) is 1.73. The number of nitrogens with one attached hydrogen (secondary N) is 1. The molecule has 2 aromatic rings. The number of para-hydroxylation sites is 2. The Morgan fingerprint density at radius 2 is 1.87 bits per heavy atom. The van der Waals surface area contributed by atoms with Crippen LogP contribution in [0.3, 0.4) is 0 Å². The summed E-state index contributed by atoms with van der Waals surface area (Å²) in [5, 5.41) is 2.76. The average molecular weight is 420 g/mol. The lowest BCUT2D eigenvalue weighted by Crippen LogP contribution is -2.49. The number of hydrogen-bond acceptors (Lipinski definition) is 4. The Morgan fingerprint density at radius 3 is 2.58 bits per heavy atom. The first kappa shape index (κ1) is 22.2. The minimum atomic E-state index is -0.795. The van der Waals surface area contributed by atoms with Crippen LogP contribution >= 0.6 is 0 Å².